The summed E-state index contributed by atoms with van der Waals surface area (Å²) in [6.45, 7) is 3.02. The van der Waals surface area contributed by atoms with Gasteiger partial charge in [0.15, 0.2) is 0 Å². The van der Waals surface area contributed by atoms with Gasteiger partial charge in [0.2, 0.25) is 0 Å². The van der Waals surface area contributed by atoms with Crippen LogP contribution in [0.4, 0.5) is 4.39 Å². The van der Waals surface area contributed by atoms with Gasteiger partial charge in [-0.3, -0.25) is 9.48 Å². The second-order valence-corrected chi connectivity index (χ2v) is 7.86. The second-order valence-electron chi connectivity index (χ2n) is 6.10. The molecule has 8 heteroatoms. The Morgan fingerprint density at radius 3 is 2.96 bits per heavy atom. The largest absolute Gasteiger partial charge is 0.347 e. The van der Waals surface area contributed by atoms with Crippen molar-refractivity contribution in [2.75, 3.05) is 6.54 Å². The van der Waals surface area contributed by atoms with Gasteiger partial charge in [-0.25, -0.2) is 4.39 Å². The molecule has 1 atom stereocenters. The van der Waals surface area contributed by atoms with E-state index in [-0.39, 0.29) is 24.3 Å². The molecule has 3 aromatic rings. The maximum atomic E-state index is 13.4. The molecular formula is C19H20BrFN4OS. The van der Waals surface area contributed by atoms with Crippen molar-refractivity contribution in [3.8, 4) is 11.3 Å². The third kappa shape index (κ3) is 4.63. The van der Waals surface area contributed by atoms with Crippen LogP contribution in [0.5, 0.6) is 0 Å². The average molecular weight is 451 g/mol. The molecule has 142 valence electrons. The van der Waals surface area contributed by atoms with Crippen molar-refractivity contribution in [2.45, 2.75) is 25.9 Å². The van der Waals surface area contributed by atoms with Crippen LogP contribution < -0.4 is 11.1 Å². The van der Waals surface area contributed by atoms with Crippen molar-refractivity contribution in [1.29, 1.82) is 0 Å². The summed E-state index contributed by atoms with van der Waals surface area (Å²) in [5.41, 5.74) is 8.48. The molecule has 0 spiro atoms. The number of nitrogens with zero attached hydrogens (tertiary/aromatic N) is 2. The number of aromatic nitrogens is 2. The average Bonchev–Trinajstić information content (AvgIpc) is 3.27. The van der Waals surface area contributed by atoms with Crippen LogP contribution in [0.2, 0.25) is 0 Å². The molecule has 0 radical (unpaired) electrons. The predicted molar refractivity (Wildman–Crippen MR) is 109 cm³/mol. The maximum Gasteiger partial charge on any atom is 0.261 e. The number of amides is 1. The lowest BCUT2D eigenvalue weighted by Gasteiger charge is -2.16. The van der Waals surface area contributed by atoms with Gasteiger partial charge in [-0.1, -0.05) is 12.1 Å². The number of thiophene rings is 1. The Bertz CT molecular complexity index is 939. The molecule has 0 unspecified atom stereocenters. The zero-order chi connectivity index (χ0) is 19.4. The van der Waals surface area contributed by atoms with E-state index >= 15 is 0 Å². The van der Waals surface area contributed by atoms with Crippen LogP contribution in [0, 0.1) is 5.82 Å². The minimum absolute atomic E-state index is 0.184. The first-order valence-electron chi connectivity index (χ1n) is 8.57. The Morgan fingerprint density at radius 2 is 2.26 bits per heavy atom. The fraction of sp³-hybridized carbons (Fsp3) is 0.263. The number of hydrogen-bond acceptors (Lipinski definition) is 4. The highest BCUT2D eigenvalue weighted by molar-refractivity contribution is 9.10. The lowest BCUT2D eigenvalue weighted by Crippen LogP contribution is -2.41. The molecule has 2 heterocycles. The van der Waals surface area contributed by atoms with Crippen LogP contribution in [-0.2, 0) is 13.0 Å². The van der Waals surface area contributed by atoms with E-state index in [1.54, 1.807) is 12.3 Å². The van der Waals surface area contributed by atoms with Gasteiger partial charge in [0, 0.05) is 30.1 Å². The number of carbonyl (C=O) groups is 1. The molecule has 5 nitrogen and oxygen atoms in total. The SMILES string of the molecule is CCn1ncc(Br)c1-c1csc(C(=O)N[C@H](CN)Cc2cccc(F)c2)c1. The summed E-state index contributed by atoms with van der Waals surface area (Å²) in [5, 5.41) is 9.19. The molecule has 0 bridgehead atoms. The number of nitrogens with one attached hydrogen (secondary N) is 1. The van der Waals surface area contributed by atoms with E-state index in [0.29, 0.717) is 11.3 Å². The number of carbonyl (C=O) groups excluding carboxylic acids is 1. The summed E-state index contributed by atoms with van der Waals surface area (Å²) in [7, 11) is 0. The lowest BCUT2D eigenvalue weighted by molar-refractivity contribution is 0.0942. The smallest absolute Gasteiger partial charge is 0.261 e. The Morgan fingerprint density at radius 1 is 1.44 bits per heavy atom. The Hall–Kier alpha value is -2.03. The molecule has 0 aliphatic carbocycles. The number of halogens is 2. The van der Waals surface area contributed by atoms with Crippen molar-refractivity contribution in [1.82, 2.24) is 15.1 Å². The second kappa shape index (κ2) is 8.77. The summed E-state index contributed by atoms with van der Waals surface area (Å²) >= 11 is 4.88. The van der Waals surface area contributed by atoms with Crippen LogP contribution in [0.15, 0.2) is 46.4 Å². The maximum absolute atomic E-state index is 13.4. The fourth-order valence-corrected chi connectivity index (χ4v) is 4.19. The summed E-state index contributed by atoms with van der Waals surface area (Å²) in [4.78, 5) is 13.2. The summed E-state index contributed by atoms with van der Waals surface area (Å²) in [6, 6.07) is 7.92. The van der Waals surface area contributed by atoms with Crippen LogP contribution in [0.25, 0.3) is 11.3 Å². The first-order chi connectivity index (χ1) is 13.0. The molecule has 0 saturated heterocycles. The number of aryl methyl sites for hydroxylation is 1. The van der Waals surface area contributed by atoms with Gasteiger partial charge in [-0.2, -0.15) is 5.10 Å². The quantitative estimate of drug-likeness (QED) is 0.574. The van der Waals surface area contributed by atoms with E-state index < -0.39 is 0 Å². The molecule has 0 aliphatic rings. The number of rotatable bonds is 7. The Labute approximate surface area is 169 Å². The molecule has 3 N–H and O–H groups in total. The van der Waals surface area contributed by atoms with Crippen molar-refractivity contribution in [3.63, 3.8) is 0 Å². The van der Waals surface area contributed by atoms with E-state index in [1.807, 2.05) is 29.1 Å². The first kappa shape index (κ1) is 19.7. The summed E-state index contributed by atoms with van der Waals surface area (Å²) in [6.07, 6.45) is 2.23. The Balaban J connectivity index is 1.72. The van der Waals surface area contributed by atoms with E-state index in [2.05, 4.69) is 26.3 Å². The van der Waals surface area contributed by atoms with Gasteiger partial charge in [0.05, 0.1) is 21.2 Å². The van der Waals surface area contributed by atoms with Gasteiger partial charge in [-0.05, 0) is 53.0 Å². The van der Waals surface area contributed by atoms with Crippen molar-refractivity contribution in [3.05, 3.63) is 62.6 Å². The van der Waals surface area contributed by atoms with E-state index in [4.69, 9.17) is 5.73 Å². The number of hydrogen-bond donors (Lipinski definition) is 2. The molecule has 0 aliphatic heterocycles. The van der Waals surface area contributed by atoms with Gasteiger partial charge in [0.1, 0.15) is 5.82 Å². The van der Waals surface area contributed by atoms with Crippen LogP contribution in [0.3, 0.4) is 0 Å². The fourth-order valence-electron chi connectivity index (χ4n) is 2.87. The summed E-state index contributed by atoms with van der Waals surface area (Å²) < 4.78 is 16.1. The molecule has 0 saturated carbocycles. The van der Waals surface area contributed by atoms with E-state index in [1.165, 1.54) is 23.5 Å². The van der Waals surface area contributed by atoms with Crippen LogP contribution in [0.1, 0.15) is 22.2 Å². The lowest BCUT2D eigenvalue weighted by atomic mass is 10.1. The Kier molecular flexibility index (Phi) is 6.41. The van der Waals surface area contributed by atoms with Crippen LogP contribution in [-0.4, -0.2) is 28.3 Å². The zero-order valence-corrected chi connectivity index (χ0v) is 17.2. The van der Waals surface area contributed by atoms with Gasteiger partial charge >= 0.3 is 0 Å². The highest BCUT2D eigenvalue weighted by Crippen LogP contribution is 2.31. The molecule has 3 rings (SSSR count). The van der Waals surface area contributed by atoms with Crippen molar-refractivity contribution in [2.24, 2.45) is 5.73 Å². The van der Waals surface area contributed by atoms with E-state index in [0.717, 1.165) is 27.8 Å². The minimum atomic E-state index is -0.296. The van der Waals surface area contributed by atoms with Gasteiger partial charge in [-0.15, -0.1) is 11.3 Å². The van der Waals surface area contributed by atoms with Crippen molar-refractivity contribution >= 4 is 33.2 Å². The minimum Gasteiger partial charge on any atom is -0.347 e. The van der Waals surface area contributed by atoms with Crippen LogP contribution >= 0.6 is 27.3 Å². The first-order valence-corrected chi connectivity index (χ1v) is 10.2. The highest BCUT2D eigenvalue weighted by Gasteiger charge is 2.18. The number of nitrogens with two attached hydrogens (primary N) is 1. The molecule has 1 amide bonds. The van der Waals surface area contributed by atoms with Crippen molar-refractivity contribution < 1.29 is 9.18 Å². The summed E-state index contributed by atoms with van der Waals surface area (Å²) in [5.74, 6) is -0.479. The third-order valence-corrected chi connectivity index (χ3v) is 5.69. The molecule has 0 fully saturated rings. The normalized spacial score (nSPS) is 12.1. The predicted octanol–water partition coefficient (Wildman–Crippen LogP) is 3.83. The van der Waals surface area contributed by atoms with Gasteiger partial charge in [0.25, 0.3) is 5.91 Å². The zero-order valence-electron chi connectivity index (χ0n) is 14.8. The third-order valence-electron chi connectivity index (χ3n) is 4.18. The molecule has 2 aromatic heterocycles. The number of benzene rings is 1. The topological polar surface area (TPSA) is 72.9 Å². The molecular weight excluding hydrogens is 431 g/mol. The molecule has 27 heavy (non-hydrogen) atoms. The van der Waals surface area contributed by atoms with Gasteiger partial charge < -0.3 is 11.1 Å². The molecule has 1 aromatic carbocycles. The monoisotopic (exact) mass is 450 g/mol. The highest BCUT2D eigenvalue weighted by atomic mass is 79.9. The standard InChI is InChI=1S/C19H20BrFN4OS/c1-2-25-18(16(20)10-23-25)13-8-17(27-11-13)19(26)24-15(9-22)7-12-4-3-5-14(21)6-12/h3-6,8,10-11,15H,2,7,9,22H2,1H3,(H,24,26)/t15-/m0/s1. The van der Waals surface area contributed by atoms with E-state index in [9.17, 15) is 9.18 Å².